The maximum absolute atomic E-state index is 13.2. The van der Waals surface area contributed by atoms with Crippen molar-refractivity contribution < 1.29 is 22.4 Å². The van der Waals surface area contributed by atoms with Crippen LogP contribution in [0.4, 0.5) is 5.00 Å². The predicted molar refractivity (Wildman–Crippen MR) is 137 cm³/mol. The van der Waals surface area contributed by atoms with Crippen LogP contribution in [0.1, 0.15) is 47.6 Å². The number of nitrogens with zero attached hydrogens (tertiary/aromatic N) is 1. The first-order valence-electron chi connectivity index (χ1n) is 10.7. The van der Waals surface area contributed by atoms with E-state index in [1.165, 1.54) is 18.4 Å². The lowest BCUT2D eigenvalue weighted by Gasteiger charge is -2.37. The Morgan fingerprint density at radius 2 is 1.76 bits per heavy atom. The van der Waals surface area contributed by atoms with Crippen molar-refractivity contribution >= 4 is 40.6 Å². The van der Waals surface area contributed by atoms with Gasteiger partial charge in [-0.05, 0) is 43.3 Å². The third-order valence-electron chi connectivity index (χ3n) is 5.93. The number of esters is 1. The van der Waals surface area contributed by atoms with Crippen LogP contribution in [-0.2, 0) is 19.2 Å². The van der Waals surface area contributed by atoms with Crippen molar-refractivity contribution in [1.29, 1.82) is 0 Å². The normalized spacial score (nSPS) is 13.6. The second-order valence-corrected chi connectivity index (χ2v) is 17.4. The summed E-state index contributed by atoms with van der Waals surface area (Å²) in [6.45, 7) is 12.7. The van der Waals surface area contributed by atoms with E-state index in [0.29, 0.717) is 15.4 Å². The highest BCUT2D eigenvalue weighted by atomic mass is 32.2. The van der Waals surface area contributed by atoms with Crippen molar-refractivity contribution in [3.8, 4) is 0 Å². The Morgan fingerprint density at radius 1 is 1.18 bits per heavy atom. The van der Waals surface area contributed by atoms with E-state index in [1.807, 2.05) is 25.9 Å². The van der Waals surface area contributed by atoms with Crippen molar-refractivity contribution in [2.75, 3.05) is 32.7 Å². The molecule has 1 aromatic heterocycles. The van der Waals surface area contributed by atoms with Crippen molar-refractivity contribution in [2.24, 2.45) is 0 Å². The van der Waals surface area contributed by atoms with Crippen LogP contribution in [0.5, 0.6) is 0 Å². The minimum Gasteiger partial charge on any atom is -0.465 e. The van der Waals surface area contributed by atoms with Crippen LogP contribution in [0.15, 0.2) is 35.2 Å². The monoisotopic (exact) mass is 512 g/mol. The number of carbonyl (C=O) groups excluding carboxylic acids is 1. The zero-order chi connectivity index (χ0) is 25.2. The van der Waals surface area contributed by atoms with Crippen molar-refractivity contribution in [1.82, 2.24) is 4.72 Å². The molecule has 0 spiro atoms. The van der Waals surface area contributed by atoms with Gasteiger partial charge in [0.25, 0.3) is 0 Å². The van der Waals surface area contributed by atoms with Gasteiger partial charge in [0, 0.05) is 19.0 Å². The number of sulfonamides is 1. The number of aryl methyl sites for hydroxylation is 1. The number of rotatable bonds is 9. The van der Waals surface area contributed by atoms with E-state index in [2.05, 4.69) is 38.6 Å². The van der Waals surface area contributed by atoms with Gasteiger partial charge in [0.15, 0.2) is 8.32 Å². The number of benzene rings is 1. The summed E-state index contributed by atoms with van der Waals surface area (Å²) in [5.41, 5.74) is 1.37. The molecule has 1 N–H and O–H groups in total. The molecule has 33 heavy (non-hydrogen) atoms. The first kappa shape index (κ1) is 27.5. The number of thiophene rings is 1. The highest BCUT2D eigenvalue weighted by molar-refractivity contribution is 7.89. The number of hydrogen-bond acceptors (Lipinski definition) is 7. The number of nitrogens with one attached hydrogen (secondary N) is 1. The molecule has 184 valence electrons. The van der Waals surface area contributed by atoms with Gasteiger partial charge in [-0.2, -0.15) is 0 Å². The smallest absolute Gasteiger partial charge is 0.340 e. The van der Waals surface area contributed by atoms with Crippen LogP contribution in [0.25, 0.3) is 0 Å². The summed E-state index contributed by atoms with van der Waals surface area (Å²) >= 11 is 1.35. The molecular formula is C23H36N2O5S2Si. The summed E-state index contributed by atoms with van der Waals surface area (Å²) in [6, 6.07) is 7.74. The van der Waals surface area contributed by atoms with E-state index in [9.17, 15) is 13.2 Å². The molecule has 0 aliphatic rings. The van der Waals surface area contributed by atoms with Crippen molar-refractivity contribution in [3.05, 3.63) is 46.3 Å². The first-order chi connectivity index (χ1) is 15.1. The van der Waals surface area contributed by atoms with Gasteiger partial charge in [-0.15, -0.1) is 11.3 Å². The number of hydrogen-bond donors (Lipinski definition) is 1. The number of methoxy groups -OCH3 is 1. The zero-order valence-electron chi connectivity index (χ0n) is 21.0. The fourth-order valence-electron chi connectivity index (χ4n) is 2.82. The van der Waals surface area contributed by atoms with E-state index in [4.69, 9.17) is 9.16 Å². The van der Waals surface area contributed by atoms with Crippen LogP contribution in [0, 0.1) is 6.92 Å². The van der Waals surface area contributed by atoms with Gasteiger partial charge in [0.2, 0.25) is 10.0 Å². The van der Waals surface area contributed by atoms with E-state index in [1.54, 1.807) is 30.3 Å². The summed E-state index contributed by atoms with van der Waals surface area (Å²) in [6.07, 6.45) is 0. The Balaban J connectivity index is 2.49. The maximum atomic E-state index is 13.2. The Labute approximate surface area is 203 Å². The van der Waals surface area contributed by atoms with Crippen molar-refractivity contribution in [2.45, 2.75) is 56.8 Å². The molecule has 0 bridgehead atoms. The third kappa shape index (κ3) is 6.66. The Kier molecular flexibility index (Phi) is 8.56. The summed E-state index contributed by atoms with van der Waals surface area (Å²) in [5, 5.41) is 0.665. The first-order valence-corrected chi connectivity index (χ1v) is 15.9. The summed E-state index contributed by atoms with van der Waals surface area (Å²) in [7, 11) is -0.971. The minimum atomic E-state index is -3.81. The van der Waals surface area contributed by atoms with E-state index < -0.39 is 30.4 Å². The molecule has 2 aromatic rings. The maximum Gasteiger partial charge on any atom is 0.340 e. The molecular weight excluding hydrogens is 476 g/mol. The topological polar surface area (TPSA) is 84.9 Å². The molecule has 1 atom stereocenters. The van der Waals surface area contributed by atoms with E-state index >= 15 is 0 Å². The largest absolute Gasteiger partial charge is 0.465 e. The highest BCUT2D eigenvalue weighted by Crippen LogP contribution is 2.39. The van der Waals surface area contributed by atoms with Crippen molar-refractivity contribution in [3.63, 3.8) is 0 Å². The summed E-state index contributed by atoms with van der Waals surface area (Å²) in [5.74, 6) is -0.466. The third-order valence-corrected chi connectivity index (χ3v) is 13.3. The second-order valence-electron chi connectivity index (χ2n) is 9.81. The molecule has 1 heterocycles. The molecule has 10 heteroatoms. The quantitative estimate of drug-likeness (QED) is 0.378. The molecule has 0 amide bonds. The van der Waals surface area contributed by atoms with E-state index in [0.717, 1.165) is 5.56 Å². The lowest BCUT2D eigenvalue weighted by atomic mass is 10.2. The van der Waals surface area contributed by atoms with Gasteiger partial charge in [-0.25, -0.2) is 17.9 Å². The van der Waals surface area contributed by atoms with Gasteiger partial charge >= 0.3 is 5.97 Å². The van der Waals surface area contributed by atoms with E-state index in [-0.39, 0.29) is 16.5 Å². The summed E-state index contributed by atoms with van der Waals surface area (Å²) in [4.78, 5) is 15.0. The SMILES string of the molecule is COC(=O)c1cc([C@@H](CO[Si](C)(C)C(C)(C)C)NS(=O)(=O)c2ccc(C)cc2)sc1N(C)C. The van der Waals surface area contributed by atoms with Crippen LogP contribution < -0.4 is 9.62 Å². The van der Waals surface area contributed by atoms with Gasteiger partial charge in [0.05, 0.1) is 30.2 Å². The van der Waals surface area contributed by atoms with Crippen LogP contribution in [0.2, 0.25) is 18.1 Å². The fourth-order valence-corrected chi connectivity index (χ4v) is 6.21. The lowest BCUT2D eigenvalue weighted by Crippen LogP contribution is -2.43. The molecule has 0 radical (unpaired) electrons. The molecule has 7 nitrogen and oxygen atoms in total. The average Bonchev–Trinajstić information content (AvgIpc) is 3.15. The number of carbonyl (C=O) groups is 1. The fraction of sp³-hybridized carbons (Fsp3) is 0.522. The molecule has 0 aliphatic heterocycles. The predicted octanol–water partition coefficient (Wildman–Crippen LogP) is 4.95. The molecule has 0 saturated carbocycles. The molecule has 2 rings (SSSR count). The second kappa shape index (κ2) is 10.3. The molecule has 1 aromatic carbocycles. The Hall–Kier alpha value is -1.72. The van der Waals surface area contributed by atoms with Crippen LogP contribution in [-0.4, -0.2) is 50.5 Å². The lowest BCUT2D eigenvalue weighted by molar-refractivity contribution is 0.0602. The Bertz CT molecular complexity index is 1070. The number of anilines is 1. The number of ether oxygens (including phenoxy) is 1. The molecule has 0 saturated heterocycles. The molecule has 0 aliphatic carbocycles. The van der Waals surface area contributed by atoms with Gasteiger partial charge < -0.3 is 14.1 Å². The average molecular weight is 513 g/mol. The van der Waals surface area contributed by atoms with Gasteiger partial charge in [0.1, 0.15) is 5.00 Å². The van der Waals surface area contributed by atoms with Gasteiger partial charge in [-0.3, -0.25) is 0 Å². The minimum absolute atomic E-state index is 0.0329. The molecule has 0 fully saturated rings. The Morgan fingerprint density at radius 3 is 2.24 bits per heavy atom. The standard InChI is InChI=1S/C23H36N2O5S2Si/c1-16-10-12-17(13-11-16)32(27,28)24-19(15-30-33(8,9)23(2,3)4)20-14-18(22(26)29-7)21(31-20)25(5)6/h10-14,19,24H,15H2,1-9H3/t19-/m1/s1. The zero-order valence-corrected chi connectivity index (χ0v) is 23.6. The molecule has 0 unspecified atom stereocenters. The van der Waals surface area contributed by atoms with Gasteiger partial charge in [-0.1, -0.05) is 38.5 Å². The van der Waals surface area contributed by atoms with Crippen LogP contribution >= 0.6 is 11.3 Å². The summed E-state index contributed by atoms with van der Waals surface area (Å²) < 4.78 is 40.6. The highest BCUT2D eigenvalue weighted by Gasteiger charge is 2.38. The van der Waals surface area contributed by atoms with Crippen LogP contribution in [0.3, 0.4) is 0 Å².